The minimum absolute atomic E-state index is 0.0135. The SMILES string of the molecule is CCCNC(=O)[C@H](C)N(Cc1ccc(C)cc1)C(=O)CN(c1cc(OC)ccc1OC)S(=O)(=O)c1ccc(C)cc1. The van der Waals surface area contributed by atoms with Gasteiger partial charge in [0, 0.05) is 19.2 Å². The molecule has 3 aromatic carbocycles. The lowest BCUT2D eigenvalue weighted by Gasteiger charge is -2.32. The fraction of sp³-hybridized carbons (Fsp3) is 0.355. The highest BCUT2D eigenvalue weighted by Crippen LogP contribution is 2.36. The van der Waals surface area contributed by atoms with Crippen molar-refractivity contribution in [1.29, 1.82) is 0 Å². The molecule has 10 heteroatoms. The normalized spacial score (nSPS) is 11.9. The molecule has 2 amide bonds. The molecule has 0 aliphatic carbocycles. The van der Waals surface area contributed by atoms with Gasteiger partial charge in [-0.05, 0) is 57.0 Å². The van der Waals surface area contributed by atoms with Crippen molar-refractivity contribution in [1.82, 2.24) is 10.2 Å². The molecule has 0 aliphatic heterocycles. The average Bonchev–Trinajstić information content (AvgIpc) is 2.97. The second kappa shape index (κ2) is 14.0. The van der Waals surface area contributed by atoms with E-state index in [4.69, 9.17) is 9.47 Å². The van der Waals surface area contributed by atoms with Gasteiger partial charge in [0.1, 0.15) is 24.1 Å². The number of methoxy groups -OCH3 is 2. The molecule has 0 bridgehead atoms. The molecule has 1 N–H and O–H groups in total. The number of carbonyl (C=O) groups excluding carboxylic acids is 2. The molecule has 0 saturated carbocycles. The number of rotatable bonds is 13. The Balaban J connectivity index is 2.10. The number of sulfonamides is 1. The second-order valence-electron chi connectivity index (χ2n) is 9.84. The van der Waals surface area contributed by atoms with Crippen LogP contribution in [0.25, 0.3) is 0 Å². The summed E-state index contributed by atoms with van der Waals surface area (Å²) in [4.78, 5) is 28.5. The first kappa shape index (κ1) is 31.5. The monoisotopic (exact) mass is 581 g/mol. The van der Waals surface area contributed by atoms with Gasteiger partial charge in [-0.2, -0.15) is 0 Å². The van der Waals surface area contributed by atoms with E-state index >= 15 is 0 Å². The minimum atomic E-state index is -4.25. The van der Waals surface area contributed by atoms with E-state index in [1.165, 1.54) is 37.3 Å². The van der Waals surface area contributed by atoms with Crippen LogP contribution >= 0.6 is 0 Å². The fourth-order valence-electron chi connectivity index (χ4n) is 4.21. The molecule has 1 atom stereocenters. The Morgan fingerprint density at radius 2 is 1.51 bits per heavy atom. The van der Waals surface area contributed by atoms with Gasteiger partial charge in [-0.25, -0.2) is 8.42 Å². The van der Waals surface area contributed by atoms with E-state index in [2.05, 4.69) is 5.32 Å². The summed E-state index contributed by atoms with van der Waals surface area (Å²) in [6.07, 6.45) is 0.739. The van der Waals surface area contributed by atoms with Gasteiger partial charge < -0.3 is 19.7 Å². The van der Waals surface area contributed by atoms with Gasteiger partial charge in [0.25, 0.3) is 10.0 Å². The summed E-state index contributed by atoms with van der Waals surface area (Å²) in [5, 5.41) is 2.84. The number of amides is 2. The number of carbonyl (C=O) groups is 2. The molecular weight excluding hydrogens is 542 g/mol. The molecular formula is C31H39N3O6S. The number of anilines is 1. The molecule has 0 radical (unpaired) electrons. The number of benzene rings is 3. The molecule has 0 aromatic heterocycles. The maximum Gasteiger partial charge on any atom is 0.264 e. The number of ether oxygens (including phenoxy) is 2. The molecule has 3 aromatic rings. The summed E-state index contributed by atoms with van der Waals surface area (Å²) in [5.41, 5.74) is 2.90. The van der Waals surface area contributed by atoms with E-state index in [-0.39, 0.29) is 28.8 Å². The van der Waals surface area contributed by atoms with Crippen LogP contribution in [-0.2, 0) is 26.2 Å². The summed E-state index contributed by atoms with van der Waals surface area (Å²) < 4.78 is 40.1. The maximum absolute atomic E-state index is 14.1. The van der Waals surface area contributed by atoms with Crippen molar-refractivity contribution >= 4 is 27.5 Å². The van der Waals surface area contributed by atoms with E-state index in [0.29, 0.717) is 12.3 Å². The van der Waals surface area contributed by atoms with Crippen molar-refractivity contribution < 1.29 is 27.5 Å². The van der Waals surface area contributed by atoms with Crippen molar-refractivity contribution in [3.63, 3.8) is 0 Å². The molecule has 220 valence electrons. The first-order valence-electron chi connectivity index (χ1n) is 13.5. The Kier molecular flexibility index (Phi) is 10.8. The zero-order valence-electron chi connectivity index (χ0n) is 24.5. The van der Waals surface area contributed by atoms with Crippen LogP contribution in [0.2, 0.25) is 0 Å². The van der Waals surface area contributed by atoms with Crippen LogP contribution in [0.1, 0.15) is 37.0 Å². The number of hydrogen-bond acceptors (Lipinski definition) is 6. The van der Waals surface area contributed by atoms with Crippen molar-refractivity contribution in [3.8, 4) is 11.5 Å². The van der Waals surface area contributed by atoms with Crippen LogP contribution in [-0.4, -0.2) is 58.5 Å². The van der Waals surface area contributed by atoms with E-state index in [9.17, 15) is 18.0 Å². The highest BCUT2D eigenvalue weighted by atomic mass is 32.2. The van der Waals surface area contributed by atoms with Crippen LogP contribution in [0.5, 0.6) is 11.5 Å². The third-order valence-electron chi connectivity index (χ3n) is 6.73. The molecule has 0 heterocycles. The highest BCUT2D eigenvalue weighted by molar-refractivity contribution is 7.92. The lowest BCUT2D eigenvalue weighted by molar-refractivity contribution is -0.139. The second-order valence-corrected chi connectivity index (χ2v) is 11.7. The zero-order chi connectivity index (χ0) is 30.2. The van der Waals surface area contributed by atoms with Crippen LogP contribution < -0.4 is 19.1 Å². The van der Waals surface area contributed by atoms with E-state index in [1.54, 1.807) is 31.2 Å². The van der Waals surface area contributed by atoms with E-state index in [1.807, 2.05) is 45.0 Å². The minimum Gasteiger partial charge on any atom is -0.497 e. The van der Waals surface area contributed by atoms with Crippen LogP contribution in [0.4, 0.5) is 5.69 Å². The summed E-state index contributed by atoms with van der Waals surface area (Å²) in [6.45, 7) is 7.41. The van der Waals surface area contributed by atoms with Crippen LogP contribution in [0.15, 0.2) is 71.6 Å². The lowest BCUT2D eigenvalue weighted by atomic mass is 10.1. The third-order valence-corrected chi connectivity index (χ3v) is 8.51. The number of hydrogen-bond donors (Lipinski definition) is 1. The number of nitrogens with zero attached hydrogens (tertiary/aromatic N) is 2. The average molecular weight is 582 g/mol. The van der Waals surface area contributed by atoms with Gasteiger partial charge in [-0.15, -0.1) is 0 Å². The van der Waals surface area contributed by atoms with Gasteiger partial charge in [0.05, 0.1) is 24.8 Å². The Bertz CT molecular complexity index is 1440. The predicted molar refractivity (Wildman–Crippen MR) is 160 cm³/mol. The summed E-state index contributed by atoms with van der Waals surface area (Å²) >= 11 is 0. The summed E-state index contributed by atoms with van der Waals surface area (Å²) in [7, 11) is -1.35. The van der Waals surface area contributed by atoms with E-state index in [0.717, 1.165) is 27.4 Å². The highest BCUT2D eigenvalue weighted by Gasteiger charge is 2.34. The topological polar surface area (TPSA) is 105 Å². The molecule has 0 unspecified atom stereocenters. The Morgan fingerprint density at radius 1 is 0.902 bits per heavy atom. The van der Waals surface area contributed by atoms with Gasteiger partial charge in [-0.3, -0.25) is 13.9 Å². The Hall–Kier alpha value is -4.05. The largest absolute Gasteiger partial charge is 0.497 e. The molecule has 0 saturated heterocycles. The van der Waals surface area contributed by atoms with Gasteiger partial charge in [-0.1, -0.05) is 54.4 Å². The smallest absolute Gasteiger partial charge is 0.264 e. The predicted octanol–water partition coefficient (Wildman–Crippen LogP) is 4.46. The first-order chi connectivity index (χ1) is 19.5. The zero-order valence-corrected chi connectivity index (χ0v) is 25.3. The first-order valence-corrected chi connectivity index (χ1v) is 14.9. The summed E-state index contributed by atoms with van der Waals surface area (Å²) in [6, 6.07) is 17.9. The molecule has 3 rings (SSSR count). The summed E-state index contributed by atoms with van der Waals surface area (Å²) in [5.74, 6) is -0.237. The molecule has 0 aliphatic rings. The lowest BCUT2D eigenvalue weighted by Crippen LogP contribution is -2.51. The maximum atomic E-state index is 14.1. The third kappa shape index (κ3) is 7.79. The van der Waals surface area contributed by atoms with Crippen molar-refractivity contribution in [2.24, 2.45) is 0 Å². The number of aryl methyl sites for hydroxylation is 2. The van der Waals surface area contributed by atoms with Crippen LogP contribution in [0, 0.1) is 13.8 Å². The molecule has 41 heavy (non-hydrogen) atoms. The van der Waals surface area contributed by atoms with Crippen LogP contribution in [0.3, 0.4) is 0 Å². The molecule has 0 spiro atoms. The van der Waals surface area contributed by atoms with Crippen molar-refractivity contribution in [2.75, 3.05) is 31.6 Å². The molecule has 9 nitrogen and oxygen atoms in total. The van der Waals surface area contributed by atoms with Gasteiger partial charge in [0.15, 0.2) is 0 Å². The van der Waals surface area contributed by atoms with Crippen molar-refractivity contribution in [2.45, 2.75) is 51.6 Å². The van der Waals surface area contributed by atoms with Crippen molar-refractivity contribution in [3.05, 3.63) is 83.4 Å². The number of nitrogens with one attached hydrogen (secondary N) is 1. The quantitative estimate of drug-likeness (QED) is 0.320. The van der Waals surface area contributed by atoms with Gasteiger partial charge in [0.2, 0.25) is 11.8 Å². The molecule has 0 fully saturated rings. The van der Waals surface area contributed by atoms with Gasteiger partial charge >= 0.3 is 0 Å². The standard InChI is InChI=1S/C31H39N3O6S/c1-7-18-32-31(36)24(4)33(20-25-12-8-22(2)9-13-25)30(35)21-34(28-19-26(39-5)14-17-29(28)40-6)41(37,38)27-15-10-23(3)11-16-27/h8-17,19,24H,7,18,20-21H2,1-6H3,(H,32,36)/t24-/m0/s1. The van der Waals surface area contributed by atoms with E-state index < -0.39 is 28.5 Å². The fourth-order valence-corrected chi connectivity index (χ4v) is 5.63. The Morgan fingerprint density at radius 3 is 2.07 bits per heavy atom. The Labute approximate surface area is 243 Å².